The molecule has 0 unspecified atom stereocenters. The molecule has 124 valence electrons. The summed E-state index contributed by atoms with van der Waals surface area (Å²) in [5.74, 6) is -0.534. The lowest BCUT2D eigenvalue weighted by Gasteiger charge is -2.02. The molecule has 7 heteroatoms. The minimum atomic E-state index is -0.534. The van der Waals surface area contributed by atoms with Crippen LogP contribution in [0.4, 0.5) is 0 Å². The van der Waals surface area contributed by atoms with Crippen LogP contribution in [0, 0.1) is 0 Å². The van der Waals surface area contributed by atoms with Crippen molar-refractivity contribution >= 4 is 17.8 Å². The fourth-order valence-corrected chi connectivity index (χ4v) is 2.06. The van der Waals surface area contributed by atoms with Gasteiger partial charge >= 0.3 is 5.97 Å². The Bertz CT molecular complexity index is 885. The molecule has 1 heterocycles. The third-order valence-corrected chi connectivity index (χ3v) is 3.38. The topological polar surface area (TPSA) is 82.3 Å². The molecular weight excluding hydrogens is 318 g/mol. The molecule has 2 aromatic carbocycles. The molecule has 0 amide bonds. The minimum Gasteiger partial charge on any atom is -0.313 e. The molecule has 0 N–H and O–H groups in total. The number of oxime groups is 1. The van der Waals surface area contributed by atoms with Crippen LogP contribution in [0.15, 0.2) is 72.2 Å². The lowest BCUT2D eigenvalue weighted by Crippen LogP contribution is -2.01. The van der Waals surface area contributed by atoms with Crippen molar-refractivity contribution in [1.29, 1.82) is 0 Å². The number of aromatic nitrogens is 4. The molecule has 0 atom stereocenters. The van der Waals surface area contributed by atoms with Crippen molar-refractivity contribution in [3.8, 4) is 5.69 Å². The first-order valence-corrected chi connectivity index (χ1v) is 7.55. The smallest absolute Gasteiger partial charge is 0.313 e. The largest absolute Gasteiger partial charge is 0.358 e. The van der Waals surface area contributed by atoms with Crippen LogP contribution in [0.1, 0.15) is 18.1 Å². The van der Waals surface area contributed by atoms with E-state index >= 15 is 0 Å². The van der Waals surface area contributed by atoms with Gasteiger partial charge in [-0.1, -0.05) is 47.6 Å². The monoisotopic (exact) mass is 333 g/mol. The number of hydrogen-bond donors (Lipinski definition) is 0. The van der Waals surface area contributed by atoms with Gasteiger partial charge in [-0.05, 0) is 46.7 Å². The molecule has 0 fully saturated rings. The zero-order valence-corrected chi connectivity index (χ0v) is 13.5. The van der Waals surface area contributed by atoms with Crippen LogP contribution in [-0.4, -0.2) is 31.9 Å². The van der Waals surface area contributed by atoms with Crippen LogP contribution in [0.3, 0.4) is 0 Å². The first-order chi connectivity index (χ1) is 12.2. The quantitative estimate of drug-likeness (QED) is 0.310. The van der Waals surface area contributed by atoms with E-state index in [4.69, 9.17) is 4.84 Å². The molecule has 25 heavy (non-hydrogen) atoms. The first kappa shape index (κ1) is 16.3. The Labute approximate surface area is 144 Å². The van der Waals surface area contributed by atoms with Crippen molar-refractivity contribution in [2.45, 2.75) is 6.92 Å². The summed E-state index contributed by atoms with van der Waals surface area (Å²) in [5.41, 5.74) is 3.16. The van der Waals surface area contributed by atoms with Crippen LogP contribution in [-0.2, 0) is 9.63 Å². The van der Waals surface area contributed by atoms with Crippen LogP contribution >= 0.6 is 0 Å². The van der Waals surface area contributed by atoms with Gasteiger partial charge in [0.05, 0.1) is 11.4 Å². The van der Waals surface area contributed by atoms with Crippen molar-refractivity contribution in [2.75, 3.05) is 0 Å². The molecule has 0 saturated carbocycles. The van der Waals surface area contributed by atoms with Crippen LogP contribution < -0.4 is 0 Å². The van der Waals surface area contributed by atoms with E-state index < -0.39 is 5.97 Å². The Hall–Kier alpha value is -3.61. The van der Waals surface area contributed by atoms with Crippen LogP contribution in [0.25, 0.3) is 11.8 Å². The lowest BCUT2D eigenvalue weighted by molar-refractivity contribution is -0.137. The van der Waals surface area contributed by atoms with Gasteiger partial charge in [-0.3, -0.25) is 0 Å². The predicted octanol–water partition coefficient (Wildman–Crippen LogP) is 2.64. The van der Waals surface area contributed by atoms with Gasteiger partial charge in [0.1, 0.15) is 6.33 Å². The maximum atomic E-state index is 11.7. The summed E-state index contributed by atoms with van der Waals surface area (Å²) in [6.07, 6.45) is 4.53. The summed E-state index contributed by atoms with van der Waals surface area (Å²) in [6.45, 7) is 1.76. The lowest BCUT2D eigenvalue weighted by atomic mass is 10.1. The number of nitrogens with zero attached hydrogens (tertiary/aromatic N) is 5. The van der Waals surface area contributed by atoms with Crippen LogP contribution in [0.2, 0.25) is 0 Å². The zero-order chi connectivity index (χ0) is 17.5. The van der Waals surface area contributed by atoms with Gasteiger partial charge in [-0.2, -0.15) is 0 Å². The average molecular weight is 333 g/mol. The summed E-state index contributed by atoms with van der Waals surface area (Å²) >= 11 is 0. The van der Waals surface area contributed by atoms with Gasteiger partial charge in [-0.25, -0.2) is 9.48 Å². The van der Waals surface area contributed by atoms with Crippen LogP contribution in [0.5, 0.6) is 0 Å². The second kappa shape index (κ2) is 7.78. The fourth-order valence-electron chi connectivity index (χ4n) is 2.06. The standard InChI is InChI=1S/C18H15N5O2/c1-14(16-8-10-17(11-9-16)23-13-19-21-22-23)20-25-18(24)12-7-15-5-3-2-4-6-15/h2-13H,1H3/b12-7+,20-14-. The molecule has 1 aromatic heterocycles. The SMILES string of the molecule is C/C(=N/OC(=O)/C=C/c1ccccc1)c1ccc(-n2cnnn2)cc1. The van der Waals surface area contributed by atoms with E-state index in [0.29, 0.717) is 5.71 Å². The molecule has 0 aliphatic heterocycles. The summed E-state index contributed by atoms with van der Waals surface area (Å²) in [6, 6.07) is 16.9. The number of hydrogen-bond acceptors (Lipinski definition) is 6. The summed E-state index contributed by atoms with van der Waals surface area (Å²) in [4.78, 5) is 16.6. The van der Waals surface area contributed by atoms with Gasteiger partial charge in [0.25, 0.3) is 0 Å². The van der Waals surface area contributed by atoms with E-state index in [-0.39, 0.29) is 0 Å². The molecule has 3 aromatic rings. The predicted molar refractivity (Wildman–Crippen MR) is 92.9 cm³/mol. The summed E-state index contributed by atoms with van der Waals surface area (Å²) in [7, 11) is 0. The number of carbonyl (C=O) groups is 1. The molecule has 0 aliphatic carbocycles. The van der Waals surface area contributed by atoms with Gasteiger partial charge in [0.2, 0.25) is 0 Å². The third-order valence-electron chi connectivity index (χ3n) is 3.38. The molecule has 3 rings (SSSR count). The molecular formula is C18H15N5O2. The van der Waals surface area contributed by atoms with E-state index in [2.05, 4.69) is 20.7 Å². The van der Waals surface area contributed by atoms with Crippen molar-refractivity contribution in [1.82, 2.24) is 20.2 Å². The zero-order valence-electron chi connectivity index (χ0n) is 13.5. The summed E-state index contributed by atoms with van der Waals surface area (Å²) < 4.78 is 1.55. The molecule has 0 saturated heterocycles. The number of carbonyl (C=O) groups excluding carboxylic acids is 1. The van der Waals surface area contributed by atoms with Crippen molar-refractivity contribution in [3.63, 3.8) is 0 Å². The van der Waals surface area contributed by atoms with E-state index in [1.165, 1.54) is 12.4 Å². The highest BCUT2D eigenvalue weighted by molar-refractivity contribution is 5.99. The van der Waals surface area contributed by atoms with Gasteiger partial charge < -0.3 is 4.84 Å². The summed E-state index contributed by atoms with van der Waals surface area (Å²) in [5, 5.41) is 14.9. The maximum Gasteiger partial charge on any atom is 0.358 e. The number of benzene rings is 2. The Balaban J connectivity index is 1.61. The molecule has 0 radical (unpaired) electrons. The second-order valence-corrected chi connectivity index (χ2v) is 5.13. The van der Waals surface area contributed by atoms with Gasteiger partial charge in [-0.15, -0.1) is 5.10 Å². The van der Waals surface area contributed by atoms with E-state index in [9.17, 15) is 4.79 Å². The van der Waals surface area contributed by atoms with E-state index in [1.54, 1.807) is 17.7 Å². The number of tetrazole rings is 1. The third kappa shape index (κ3) is 4.44. The fraction of sp³-hybridized carbons (Fsp3) is 0.0556. The molecule has 0 bridgehead atoms. The highest BCUT2D eigenvalue weighted by Crippen LogP contribution is 2.09. The number of rotatable bonds is 5. The Morgan fingerprint density at radius 2 is 1.88 bits per heavy atom. The second-order valence-electron chi connectivity index (χ2n) is 5.13. The molecule has 7 nitrogen and oxygen atoms in total. The Morgan fingerprint density at radius 3 is 2.56 bits per heavy atom. The highest BCUT2D eigenvalue weighted by atomic mass is 16.7. The van der Waals surface area contributed by atoms with Crippen molar-refractivity contribution in [3.05, 3.63) is 78.1 Å². The van der Waals surface area contributed by atoms with Crippen molar-refractivity contribution < 1.29 is 9.63 Å². The highest BCUT2D eigenvalue weighted by Gasteiger charge is 2.03. The normalized spacial score (nSPS) is 11.6. The first-order valence-electron chi connectivity index (χ1n) is 7.55. The van der Waals surface area contributed by atoms with Gasteiger partial charge in [0, 0.05) is 6.08 Å². The van der Waals surface area contributed by atoms with E-state index in [0.717, 1.165) is 16.8 Å². The average Bonchev–Trinajstić information content (AvgIpc) is 3.20. The minimum absolute atomic E-state index is 0.534. The Kier molecular flexibility index (Phi) is 5.06. The van der Waals surface area contributed by atoms with E-state index in [1.807, 2.05) is 54.6 Å². The molecule has 0 aliphatic rings. The maximum absolute atomic E-state index is 11.7. The van der Waals surface area contributed by atoms with Crippen molar-refractivity contribution in [2.24, 2.45) is 5.16 Å². The molecule has 0 spiro atoms. The Morgan fingerprint density at radius 1 is 1.12 bits per heavy atom. The van der Waals surface area contributed by atoms with Gasteiger partial charge in [0.15, 0.2) is 0 Å².